The summed E-state index contributed by atoms with van der Waals surface area (Å²) in [5.74, 6) is -2.92. The summed E-state index contributed by atoms with van der Waals surface area (Å²) in [6.07, 6.45) is 0.185. The molecular weight excluding hydrogens is 393 g/mol. The first-order chi connectivity index (χ1) is 14.4. The van der Waals surface area contributed by atoms with Crippen molar-refractivity contribution in [3.63, 3.8) is 0 Å². The van der Waals surface area contributed by atoms with E-state index in [1.54, 1.807) is 6.07 Å². The molecule has 30 heavy (non-hydrogen) atoms. The molecule has 0 heterocycles. The molecule has 0 N–H and O–H groups in total. The van der Waals surface area contributed by atoms with Gasteiger partial charge in [0.15, 0.2) is 5.78 Å². The van der Waals surface area contributed by atoms with E-state index in [4.69, 9.17) is 4.74 Å². The van der Waals surface area contributed by atoms with Crippen molar-refractivity contribution in [2.45, 2.75) is 57.0 Å². The molecule has 0 fully saturated rings. The normalized spacial score (nSPS) is 13.5. The largest absolute Gasteiger partial charge is 0.464 e. The van der Waals surface area contributed by atoms with Crippen LogP contribution < -0.4 is 0 Å². The number of rotatable bonds is 11. The molecule has 0 saturated carbocycles. The molecule has 0 saturated heterocycles. The van der Waals surface area contributed by atoms with Crippen LogP contribution in [0.15, 0.2) is 60.7 Å². The van der Waals surface area contributed by atoms with Gasteiger partial charge in [0.05, 0.1) is 6.61 Å². The lowest BCUT2D eigenvalue weighted by atomic mass is 9.73. The SMILES string of the molecule is CCCCCCCCOC(=O)C(C(=O)c1ccccc1)(c1ccccc1)C(F)(F)F. The van der Waals surface area contributed by atoms with E-state index in [0.717, 1.165) is 44.2 Å². The summed E-state index contributed by atoms with van der Waals surface area (Å²) < 4.78 is 48.4. The Kier molecular flexibility index (Phi) is 8.63. The number of Topliss-reactive ketones (excluding diaryl/α,β-unsaturated/α-hetero) is 1. The lowest BCUT2D eigenvalue weighted by Crippen LogP contribution is -2.56. The van der Waals surface area contributed by atoms with Gasteiger partial charge in [-0.25, -0.2) is 0 Å². The van der Waals surface area contributed by atoms with Crippen LogP contribution in [0.25, 0.3) is 0 Å². The second-order valence-electron chi connectivity index (χ2n) is 7.21. The van der Waals surface area contributed by atoms with Crippen LogP contribution in [0, 0.1) is 0 Å². The zero-order valence-corrected chi connectivity index (χ0v) is 17.1. The highest BCUT2D eigenvalue weighted by molar-refractivity contribution is 6.18. The van der Waals surface area contributed by atoms with E-state index >= 15 is 0 Å². The average molecular weight is 420 g/mol. The highest BCUT2D eigenvalue weighted by Gasteiger charge is 2.67. The molecule has 1 atom stereocenters. The fraction of sp³-hybridized carbons (Fsp3) is 0.417. The minimum atomic E-state index is -5.17. The molecule has 2 rings (SSSR count). The number of benzene rings is 2. The summed E-state index contributed by atoms with van der Waals surface area (Å²) in [6.45, 7) is 1.93. The standard InChI is InChI=1S/C24H27F3O3/c1-2-3-4-5-6-13-18-30-22(29)23(24(25,26)27,20-16-11-8-12-17-20)21(28)19-14-9-7-10-15-19/h7-12,14-17H,2-6,13,18H2,1H3. The minimum absolute atomic E-state index is 0.155. The molecule has 2 aromatic rings. The fourth-order valence-corrected chi connectivity index (χ4v) is 3.40. The van der Waals surface area contributed by atoms with E-state index in [-0.39, 0.29) is 12.2 Å². The Balaban J connectivity index is 2.33. The zero-order chi connectivity index (χ0) is 22.0. The summed E-state index contributed by atoms with van der Waals surface area (Å²) >= 11 is 0. The van der Waals surface area contributed by atoms with Crippen LogP contribution in [0.5, 0.6) is 0 Å². The predicted octanol–water partition coefficient (Wildman–Crippen LogP) is 6.27. The van der Waals surface area contributed by atoms with Crippen molar-refractivity contribution in [3.05, 3.63) is 71.8 Å². The van der Waals surface area contributed by atoms with Gasteiger partial charge in [0, 0.05) is 5.56 Å². The van der Waals surface area contributed by atoms with Crippen molar-refractivity contribution < 1.29 is 27.5 Å². The minimum Gasteiger partial charge on any atom is -0.464 e. The van der Waals surface area contributed by atoms with Crippen LogP contribution in [-0.2, 0) is 14.9 Å². The van der Waals surface area contributed by atoms with Crippen LogP contribution >= 0.6 is 0 Å². The molecule has 6 heteroatoms. The average Bonchev–Trinajstić information content (AvgIpc) is 2.74. The smallest absolute Gasteiger partial charge is 0.416 e. The van der Waals surface area contributed by atoms with E-state index in [9.17, 15) is 22.8 Å². The number of unbranched alkanes of at least 4 members (excludes halogenated alkanes) is 5. The lowest BCUT2D eigenvalue weighted by Gasteiger charge is -2.32. The molecule has 3 nitrogen and oxygen atoms in total. The second-order valence-corrected chi connectivity index (χ2v) is 7.21. The van der Waals surface area contributed by atoms with Gasteiger partial charge in [-0.3, -0.25) is 9.59 Å². The maximum absolute atomic E-state index is 14.4. The van der Waals surface area contributed by atoms with Crippen molar-refractivity contribution >= 4 is 11.8 Å². The Morgan fingerprint density at radius 1 is 0.800 bits per heavy atom. The summed E-state index contributed by atoms with van der Waals surface area (Å²) in [5, 5.41) is 0. The predicted molar refractivity (Wildman–Crippen MR) is 109 cm³/mol. The van der Waals surface area contributed by atoms with Gasteiger partial charge in [0.1, 0.15) is 0 Å². The van der Waals surface area contributed by atoms with Gasteiger partial charge in [-0.15, -0.1) is 0 Å². The van der Waals surface area contributed by atoms with Crippen LogP contribution in [-0.4, -0.2) is 24.5 Å². The Morgan fingerprint density at radius 3 is 1.90 bits per heavy atom. The lowest BCUT2D eigenvalue weighted by molar-refractivity contribution is -0.197. The van der Waals surface area contributed by atoms with Gasteiger partial charge in [0.25, 0.3) is 0 Å². The van der Waals surface area contributed by atoms with Crippen molar-refractivity contribution in [3.8, 4) is 0 Å². The van der Waals surface area contributed by atoms with Crippen molar-refractivity contribution in [2.75, 3.05) is 6.61 Å². The molecule has 0 aliphatic heterocycles. The van der Waals surface area contributed by atoms with E-state index in [2.05, 4.69) is 6.92 Å². The molecule has 0 aromatic heterocycles. The van der Waals surface area contributed by atoms with Crippen LogP contribution in [0.1, 0.15) is 61.4 Å². The highest BCUT2D eigenvalue weighted by Crippen LogP contribution is 2.44. The topological polar surface area (TPSA) is 43.4 Å². The maximum atomic E-state index is 14.4. The van der Waals surface area contributed by atoms with E-state index in [0.29, 0.717) is 6.42 Å². The molecule has 2 aromatic carbocycles. The summed E-state index contributed by atoms with van der Waals surface area (Å²) in [4.78, 5) is 26.0. The first-order valence-corrected chi connectivity index (χ1v) is 10.2. The summed E-state index contributed by atoms with van der Waals surface area (Å²) in [5.41, 5.74) is -4.05. The second kappa shape index (κ2) is 11.0. The van der Waals surface area contributed by atoms with Gasteiger partial charge in [0.2, 0.25) is 5.41 Å². The number of esters is 1. The van der Waals surface area contributed by atoms with Gasteiger partial charge >= 0.3 is 12.1 Å². The Bertz CT molecular complexity index is 803. The zero-order valence-electron chi connectivity index (χ0n) is 17.1. The third kappa shape index (κ3) is 5.29. The van der Waals surface area contributed by atoms with Crippen LogP contribution in [0.3, 0.4) is 0 Å². The van der Waals surface area contributed by atoms with Crippen molar-refractivity contribution in [1.29, 1.82) is 0 Å². The monoisotopic (exact) mass is 420 g/mol. The molecule has 0 spiro atoms. The molecule has 0 aliphatic rings. The Morgan fingerprint density at radius 2 is 1.33 bits per heavy atom. The highest BCUT2D eigenvalue weighted by atomic mass is 19.4. The van der Waals surface area contributed by atoms with Gasteiger partial charge < -0.3 is 4.74 Å². The number of ether oxygens (including phenoxy) is 1. The number of carbonyl (C=O) groups is 2. The number of ketones is 1. The molecule has 1 unspecified atom stereocenters. The Hall–Kier alpha value is -2.63. The molecule has 0 amide bonds. The van der Waals surface area contributed by atoms with Gasteiger partial charge in [-0.05, 0) is 12.0 Å². The third-order valence-electron chi connectivity index (χ3n) is 5.05. The van der Waals surface area contributed by atoms with E-state index in [1.807, 2.05) is 0 Å². The first-order valence-electron chi connectivity index (χ1n) is 10.2. The number of alkyl halides is 3. The summed E-state index contributed by atoms with van der Waals surface area (Å²) in [7, 11) is 0. The number of hydrogen-bond donors (Lipinski definition) is 0. The number of halogens is 3. The molecule has 0 radical (unpaired) electrons. The molecule has 0 bridgehead atoms. The van der Waals surface area contributed by atoms with Gasteiger partial charge in [-0.2, -0.15) is 13.2 Å². The van der Waals surface area contributed by atoms with E-state index in [1.165, 1.54) is 42.5 Å². The van der Waals surface area contributed by atoms with Crippen LogP contribution in [0.4, 0.5) is 13.2 Å². The number of hydrogen-bond acceptors (Lipinski definition) is 3. The first kappa shape index (κ1) is 23.6. The van der Waals surface area contributed by atoms with Crippen LogP contribution in [0.2, 0.25) is 0 Å². The quantitative estimate of drug-likeness (QED) is 0.186. The van der Waals surface area contributed by atoms with E-state index < -0.39 is 28.9 Å². The third-order valence-corrected chi connectivity index (χ3v) is 5.05. The fourth-order valence-electron chi connectivity index (χ4n) is 3.40. The molecular formula is C24H27F3O3. The Labute approximate surface area is 175 Å². The number of carbonyl (C=O) groups excluding carboxylic acids is 2. The van der Waals surface area contributed by atoms with Crippen molar-refractivity contribution in [2.24, 2.45) is 0 Å². The maximum Gasteiger partial charge on any atom is 0.416 e. The van der Waals surface area contributed by atoms with Gasteiger partial charge in [-0.1, -0.05) is 99.7 Å². The summed E-state index contributed by atoms with van der Waals surface area (Å²) in [6, 6.07) is 13.6. The molecule has 162 valence electrons. The van der Waals surface area contributed by atoms with Crippen molar-refractivity contribution in [1.82, 2.24) is 0 Å². The molecule has 0 aliphatic carbocycles.